The molecule has 0 aromatic heterocycles. The molecular formula is C13H19N3OS. The van der Waals surface area contributed by atoms with Gasteiger partial charge in [-0.25, -0.2) is 0 Å². The van der Waals surface area contributed by atoms with Gasteiger partial charge < -0.3 is 11.1 Å². The number of carbonyl (C=O) groups is 1. The molecule has 18 heavy (non-hydrogen) atoms. The van der Waals surface area contributed by atoms with Crippen molar-refractivity contribution in [3.05, 3.63) is 29.8 Å². The van der Waals surface area contributed by atoms with Gasteiger partial charge in [0, 0.05) is 11.3 Å². The van der Waals surface area contributed by atoms with Gasteiger partial charge in [0.2, 0.25) is 5.91 Å². The number of likely N-dealkylation sites (N-methyl/N-ethyl adjacent to an activating group) is 1. The molecular weight excluding hydrogens is 246 g/mol. The zero-order valence-electron chi connectivity index (χ0n) is 10.8. The van der Waals surface area contributed by atoms with E-state index in [4.69, 9.17) is 18.0 Å². The van der Waals surface area contributed by atoms with Crippen LogP contribution in [0.2, 0.25) is 0 Å². The summed E-state index contributed by atoms with van der Waals surface area (Å²) in [6, 6.07) is 7.24. The second-order valence-electron chi connectivity index (χ2n) is 3.95. The Bertz CT molecular complexity index is 430. The Labute approximate surface area is 113 Å². The summed E-state index contributed by atoms with van der Waals surface area (Å²) in [7, 11) is 0. The Balaban J connectivity index is 2.64. The van der Waals surface area contributed by atoms with Crippen molar-refractivity contribution in [1.29, 1.82) is 0 Å². The first kappa shape index (κ1) is 14.6. The summed E-state index contributed by atoms with van der Waals surface area (Å²) >= 11 is 4.90. The molecule has 98 valence electrons. The molecule has 0 aliphatic carbocycles. The van der Waals surface area contributed by atoms with Gasteiger partial charge in [0.05, 0.1) is 6.54 Å². The lowest BCUT2D eigenvalue weighted by Gasteiger charge is -2.17. The molecule has 0 aliphatic heterocycles. The summed E-state index contributed by atoms with van der Waals surface area (Å²) in [5.74, 6) is -0.0289. The fourth-order valence-electron chi connectivity index (χ4n) is 1.60. The van der Waals surface area contributed by atoms with E-state index in [9.17, 15) is 4.79 Å². The lowest BCUT2D eigenvalue weighted by atomic mass is 10.2. The smallest absolute Gasteiger partial charge is 0.238 e. The molecule has 1 rings (SSSR count). The van der Waals surface area contributed by atoms with Crippen LogP contribution in [0.1, 0.15) is 19.4 Å². The zero-order valence-corrected chi connectivity index (χ0v) is 11.6. The van der Waals surface area contributed by atoms with Crippen molar-refractivity contribution in [2.45, 2.75) is 13.8 Å². The predicted octanol–water partition coefficient (Wildman–Crippen LogP) is 1.60. The van der Waals surface area contributed by atoms with E-state index in [1.54, 1.807) is 6.07 Å². The molecule has 0 fully saturated rings. The molecule has 0 bridgehead atoms. The highest BCUT2D eigenvalue weighted by Crippen LogP contribution is 2.10. The number of anilines is 1. The number of amides is 1. The SMILES string of the molecule is CCN(CC)CC(=O)Nc1cccc(C(N)=S)c1. The second-order valence-corrected chi connectivity index (χ2v) is 4.39. The molecule has 3 N–H and O–H groups in total. The molecule has 1 aromatic rings. The van der Waals surface area contributed by atoms with Crippen molar-refractivity contribution in [2.75, 3.05) is 25.0 Å². The third-order valence-corrected chi connectivity index (χ3v) is 2.93. The minimum Gasteiger partial charge on any atom is -0.389 e. The van der Waals surface area contributed by atoms with Gasteiger partial charge in [-0.05, 0) is 25.2 Å². The second kappa shape index (κ2) is 7.08. The van der Waals surface area contributed by atoms with Gasteiger partial charge in [0.1, 0.15) is 4.99 Å². The maximum absolute atomic E-state index is 11.8. The van der Waals surface area contributed by atoms with E-state index < -0.39 is 0 Å². The molecule has 0 unspecified atom stereocenters. The van der Waals surface area contributed by atoms with Crippen LogP contribution >= 0.6 is 12.2 Å². The number of rotatable bonds is 6. The molecule has 0 radical (unpaired) electrons. The predicted molar refractivity (Wildman–Crippen MR) is 78.7 cm³/mol. The first-order valence-electron chi connectivity index (χ1n) is 5.98. The van der Waals surface area contributed by atoms with E-state index in [1.807, 2.05) is 36.9 Å². The molecule has 0 aliphatic rings. The quantitative estimate of drug-likeness (QED) is 0.767. The van der Waals surface area contributed by atoms with Crippen LogP contribution in [-0.2, 0) is 4.79 Å². The minimum atomic E-state index is -0.0289. The maximum Gasteiger partial charge on any atom is 0.238 e. The van der Waals surface area contributed by atoms with Crippen molar-refractivity contribution in [1.82, 2.24) is 4.90 Å². The highest BCUT2D eigenvalue weighted by atomic mass is 32.1. The standard InChI is InChI=1S/C13H19N3OS/c1-3-16(4-2)9-12(17)15-11-7-5-6-10(8-11)13(14)18/h5-8H,3-4,9H2,1-2H3,(H2,14,18)(H,15,17). The largest absolute Gasteiger partial charge is 0.389 e. The number of nitrogens with two attached hydrogens (primary N) is 1. The third-order valence-electron chi connectivity index (χ3n) is 2.69. The van der Waals surface area contributed by atoms with Gasteiger partial charge in [0.15, 0.2) is 0 Å². The van der Waals surface area contributed by atoms with Crippen LogP contribution in [0.15, 0.2) is 24.3 Å². The van der Waals surface area contributed by atoms with Crippen molar-refractivity contribution in [3.63, 3.8) is 0 Å². The van der Waals surface area contributed by atoms with E-state index in [2.05, 4.69) is 5.32 Å². The average molecular weight is 265 g/mol. The summed E-state index contributed by atoms with van der Waals surface area (Å²) < 4.78 is 0. The maximum atomic E-state index is 11.8. The monoisotopic (exact) mass is 265 g/mol. The summed E-state index contributed by atoms with van der Waals surface area (Å²) in [5, 5.41) is 2.84. The van der Waals surface area contributed by atoms with Gasteiger partial charge in [-0.1, -0.05) is 38.2 Å². The van der Waals surface area contributed by atoms with Gasteiger partial charge in [-0.3, -0.25) is 9.69 Å². The Hall–Kier alpha value is -1.46. The zero-order chi connectivity index (χ0) is 13.5. The fourth-order valence-corrected chi connectivity index (χ4v) is 1.73. The Morgan fingerprint density at radius 3 is 2.61 bits per heavy atom. The molecule has 1 aromatic carbocycles. The van der Waals surface area contributed by atoms with Gasteiger partial charge in [0.25, 0.3) is 0 Å². The minimum absolute atomic E-state index is 0.0289. The lowest BCUT2D eigenvalue weighted by Crippen LogP contribution is -2.32. The fraction of sp³-hybridized carbons (Fsp3) is 0.385. The first-order chi connectivity index (χ1) is 8.56. The van der Waals surface area contributed by atoms with Crippen LogP contribution in [0.5, 0.6) is 0 Å². The first-order valence-corrected chi connectivity index (χ1v) is 6.39. The number of hydrogen-bond donors (Lipinski definition) is 2. The van der Waals surface area contributed by atoms with Crippen molar-refractivity contribution in [3.8, 4) is 0 Å². The normalized spacial score (nSPS) is 10.4. The molecule has 1 amide bonds. The number of hydrogen-bond acceptors (Lipinski definition) is 3. The van der Waals surface area contributed by atoms with Crippen LogP contribution in [0.25, 0.3) is 0 Å². The van der Waals surface area contributed by atoms with Gasteiger partial charge >= 0.3 is 0 Å². The van der Waals surface area contributed by atoms with Crippen molar-refractivity contribution < 1.29 is 4.79 Å². The number of nitrogens with one attached hydrogen (secondary N) is 1. The summed E-state index contributed by atoms with van der Waals surface area (Å²) in [4.78, 5) is 14.2. The molecule has 5 heteroatoms. The molecule has 0 spiro atoms. The van der Waals surface area contributed by atoms with Crippen LogP contribution < -0.4 is 11.1 Å². The van der Waals surface area contributed by atoms with Crippen LogP contribution in [0.3, 0.4) is 0 Å². The van der Waals surface area contributed by atoms with Crippen molar-refractivity contribution >= 4 is 28.8 Å². The van der Waals surface area contributed by atoms with Gasteiger partial charge in [-0.15, -0.1) is 0 Å². The van der Waals surface area contributed by atoms with E-state index in [0.717, 1.165) is 24.3 Å². The van der Waals surface area contributed by atoms with Crippen molar-refractivity contribution in [2.24, 2.45) is 5.73 Å². The molecule has 0 saturated heterocycles. The average Bonchev–Trinajstić information content (AvgIpc) is 2.36. The summed E-state index contributed by atoms with van der Waals surface area (Å²) in [6.45, 7) is 6.17. The number of carbonyl (C=O) groups excluding carboxylic acids is 1. The van der Waals surface area contributed by atoms with E-state index in [1.165, 1.54) is 0 Å². The lowest BCUT2D eigenvalue weighted by molar-refractivity contribution is -0.117. The van der Waals surface area contributed by atoms with Crippen LogP contribution in [-0.4, -0.2) is 35.4 Å². The summed E-state index contributed by atoms with van der Waals surface area (Å²) in [5.41, 5.74) is 7.02. The van der Waals surface area contributed by atoms with E-state index >= 15 is 0 Å². The Morgan fingerprint density at radius 1 is 1.39 bits per heavy atom. The summed E-state index contributed by atoms with van der Waals surface area (Å²) in [6.07, 6.45) is 0. The molecule has 0 saturated carbocycles. The Morgan fingerprint density at radius 2 is 2.06 bits per heavy atom. The Kier molecular flexibility index (Phi) is 5.74. The number of nitrogens with zero attached hydrogens (tertiary/aromatic N) is 1. The number of benzene rings is 1. The highest BCUT2D eigenvalue weighted by molar-refractivity contribution is 7.80. The van der Waals surface area contributed by atoms with Crippen LogP contribution in [0, 0.1) is 0 Å². The highest BCUT2D eigenvalue weighted by Gasteiger charge is 2.07. The van der Waals surface area contributed by atoms with Gasteiger partial charge in [-0.2, -0.15) is 0 Å². The van der Waals surface area contributed by atoms with E-state index in [-0.39, 0.29) is 5.91 Å². The van der Waals surface area contributed by atoms with Crippen LogP contribution in [0.4, 0.5) is 5.69 Å². The third kappa shape index (κ3) is 4.43. The topological polar surface area (TPSA) is 58.4 Å². The van der Waals surface area contributed by atoms with E-state index in [0.29, 0.717) is 11.5 Å². The molecule has 0 heterocycles. The molecule has 0 atom stereocenters. The number of thiocarbonyl (C=S) groups is 1. The molecule has 4 nitrogen and oxygen atoms in total.